The van der Waals surface area contributed by atoms with Crippen LogP contribution in [0.1, 0.15) is 114 Å². The third-order valence-electron chi connectivity index (χ3n) is 6.06. The second-order valence-electron chi connectivity index (χ2n) is 9.24. The van der Waals surface area contributed by atoms with Crippen molar-refractivity contribution < 1.29 is 11.0 Å². The van der Waals surface area contributed by atoms with Crippen molar-refractivity contribution in [1.29, 1.82) is 0 Å². The SMILES string of the molecule is C=Cc1ccc(-c2cccc(CC(C)=O)c2)cc1.CC.CC.CCC1=CCC=CC(C)=C1C.CCCCC(C)=O.[HH]. The number of hydrogen-bond acceptors (Lipinski definition) is 2. The lowest BCUT2D eigenvalue weighted by molar-refractivity contribution is -0.117. The summed E-state index contributed by atoms with van der Waals surface area (Å²) in [4.78, 5) is 21.3. The number of carbonyl (C=O) groups excluding carboxylic acids is 2. The normalized spacial score (nSPS) is 11.4. The van der Waals surface area contributed by atoms with Gasteiger partial charge >= 0.3 is 0 Å². The van der Waals surface area contributed by atoms with Gasteiger partial charge in [0.15, 0.2) is 0 Å². The van der Waals surface area contributed by atoms with Crippen LogP contribution in [0.3, 0.4) is 0 Å². The Morgan fingerprint density at radius 3 is 2.00 bits per heavy atom. The first-order chi connectivity index (χ1) is 19.2. The molecule has 0 heterocycles. The smallest absolute Gasteiger partial charge is 0.134 e. The molecule has 0 bridgehead atoms. The van der Waals surface area contributed by atoms with Crippen molar-refractivity contribution in [2.75, 3.05) is 0 Å². The van der Waals surface area contributed by atoms with Crippen molar-refractivity contribution in [3.05, 3.63) is 101 Å². The summed E-state index contributed by atoms with van der Waals surface area (Å²) in [6.07, 6.45) is 14.3. The lowest BCUT2D eigenvalue weighted by Crippen LogP contribution is -1.96. The fourth-order valence-corrected chi connectivity index (χ4v) is 3.78. The van der Waals surface area contributed by atoms with Crippen molar-refractivity contribution in [2.45, 2.75) is 108 Å². The van der Waals surface area contributed by atoms with Gasteiger partial charge < -0.3 is 4.79 Å². The number of Topliss-reactive ketones (excluding diaryl/α,β-unsaturated/α-hetero) is 2. The highest BCUT2D eigenvalue weighted by molar-refractivity contribution is 5.79. The maximum Gasteiger partial charge on any atom is 0.134 e. The fraction of sp³-hybridized carbons (Fsp3) is 0.421. The van der Waals surface area contributed by atoms with Crippen LogP contribution >= 0.6 is 0 Å². The Morgan fingerprint density at radius 1 is 0.900 bits per heavy atom. The Bertz CT molecular complexity index is 1090. The van der Waals surface area contributed by atoms with Crippen LogP contribution < -0.4 is 0 Å². The summed E-state index contributed by atoms with van der Waals surface area (Å²) >= 11 is 0. The molecule has 1 aliphatic rings. The standard InChI is InChI=1S/C17H16O.C11H16.C6H12O.2C2H6.H2/c1-3-14-7-9-16(10-8-14)17-6-4-5-15(12-17)11-13(2)18;1-4-11-8-6-5-7-9(2)10(11)3;1-3-4-5-6(2)7;2*1-2;/h3-10,12H,1,11H2,2H3;5,7-8H,4,6H2,1-3H3;3-5H2,1-2H3;2*1-2H3;1H. The van der Waals surface area contributed by atoms with E-state index in [0.29, 0.717) is 12.2 Å². The summed E-state index contributed by atoms with van der Waals surface area (Å²) < 4.78 is 0. The zero-order chi connectivity index (χ0) is 30.9. The first kappa shape index (κ1) is 38.9. The third-order valence-corrected chi connectivity index (χ3v) is 6.06. The molecule has 2 nitrogen and oxygen atoms in total. The minimum atomic E-state index is 0. The van der Waals surface area contributed by atoms with Crippen LogP contribution in [0.15, 0.2) is 90.1 Å². The molecule has 0 aliphatic heterocycles. The molecule has 222 valence electrons. The average Bonchev–Trinajstić information content (AvgIpc) is 3.14. The van der Waals surface area contributed by atoms with E-state index in [0.717, 1.165) is 54.4 Å². The van der Waals surface area contributed by atoms with Gasteiger partial charge in [-0.25, -0.2) is 0 Å². The van der Waals surface area contributed by atoms with Crippen LogP contribution in [0.2, 0.25) is 0 Å². The number of unbranched alkanes of at least 4 members (excludes halogenated alkanes) is 1. The van der Waals surface area contributed by atoms with Gasteiger partial charge in [-0.2, -0.15) is 0 Å². The Hall–Kier alpha value is -3.26. The van der Waals surface area contributed by atoms with E-state index in [2.05, 4.69) is 76.8 Å². The molecule has 2 aromatic carbocycles. The van der Waals surface area contributed by atoms with E-state index in [9.17, 15) is 9.59 Å². The summed E-state index contributed by atoms with van der Waals surface area (Å²) in [5.41, 5.74) is 8.85. The fourth-order valence-electron chi connectivity index (χ4n) is 3.78. The average molecular weight is 547 g/mol. The number of rotatable bonds is 8. The largest absolute Gasteiger partial charge is 0.300 e. The number of allylic oxidation sites excluding steroid dienone is 6. The molecule has 0 atom stereocenters. The van der Waals surface area contributed by atoms with Gasteiger partial charge in [-0.3, -0.25) is 4.79 Å². The quantitative estimate of drug-likeness (QED) is 0.330. The van der Waals surface area contributed by atoms with Crippen LogP contribution in [0.25, 0.3) is 17.2 Å². The molecule has 0 unspecified atom stereocenters. The molecule has 0 aromatic heterocycles. The van der Waals surface area contributed by atoms with Gasteiger partial charge in [0.2, 0.25) is 0 Å². The molecule has 1 aliphatic carbocycles. The van der Waals surface area contributed by atoms with E-state index in [1.54, 1.807) is 13.8 Å². The highest BCUT2D eigenvalue weighted by atomic mass is 16.1. The summed E-state index contributed by atoms with van der Waals surface area (Å²) in [5, 5.41) is 0. The predicted molar refractivity (Wildman–Crippen MR) is 182 cm³/mol. The van der Waals surface area contributed by atoms with Crippen molar-refractivity contribution in [3.8, 4) is 11.1 Å². The molecule has 0 saturated carbocycles. The molecule has 2 aromatic rings. The monoisotopic (exact) mass is 546 g/mol. The zero-order valence-corrected chi connectivity index (χ0v) is 27.2. The Balaban J connectivity index is -0.000000540. The maximum absolute atomic E-state index is 11.1. The summed E-state index contributed by atoms with van der Waals surface area (Å²) in [5.74, 6) is 0.496. The minimum absolute atomic E-state index is 0. The van der Waals surface area contributed by atoms with E-state index < -0.39 is 0 Å². The number of hydrogen-bond donors (Lipinski definition) is 0. The van der Waals surface area contributed by atoms with Crippen LogP contribution in [0, 0.1) is 0 Å². The lowest BCUT2D eigenvalue weighted by atomic mass is 10.00. The van der Waals surface area contributed by atoms with E-state index in [1.807, 2.05) is 58.0 Å². The highest BCUT2D eigenvalue weighted by Gasteiger charge is 2.02. The van der Waals surface area contributed by atoms with Crippen LogP contribution in [-0.2, 0) is 16.0 Å². The second-order valence-corrected chi connectivity index (χ2v) is 9.24. The molecule has 3 rings (SSSR count). The first-order valence-corrected chi connectivity index (χ1v) is 15.1. The zero-order valence-electron chi connectivity index (χ0n) is 27.2. The first-order valence-electron chi connectivity index (χ1n) is 15.1. The van der Waals surface area contributed by atoms with Crippen molar-refractivity contribution in [2.24, 2.45) is 0 Å². The van der Waals surface area contributed by atoms with Crippen molar-refractivity contribution >= 4 is 17.6 Å². The van der Waals surface area contributed by atoms with Gasteiger partial charge in [0.05, 0.1) is 0 Å². The Kier molecular flexibility index (Phi) is 24.1. The van der Waals surface area contributed by atoms with Crippen LogP contribution in [-0.4, -0.2) is 11.6 Å². The van der Waals surface area contributed by atoms with Gasteiger partial charge in [-0.05, 0) is 85.9 Å². The molecule has 0 radical (unpaired) electrons. The number of carbonyl (C=O) groups is 2. The molecule has 0 N–H and O–H groups in total. The third kappa shape index (κ3) is 17.4. The highest BCUT2D eigenvalue weighted by Crippen LogP contribution is 2.22. The molecule has 0 saturated heterocycles. The van der Waals surface area contributed by atoms with E-state index in [1.165, 1.54) is 16.7 Å². The molecular weight excluding hydrogens is 488 g/mol. The van der Waals surface area contributed by atoms with Gasteiger partial charge in [-0.1, -0.05) is 127 Å². The van der Waals surface area contributed by atoms with Gasteiger partial charge in [0, 0.05) is 14.3 Å². The van der Waals surface area contributed by atoms with Crippen molar-refractivity contribution in [3.63, 3.8) is 0 Å². The summed E-state index contributed by atoms with van der Waals surface area (Å²) in [6, 6.07) is 16.3. The van der Waals surface area contributed by atoms with Gasteiger partial charge in [-0.15, -0.1) is 0 Å². The topological polar surface area (TPSA) is 34.1 Å². The van der Waals surface area contributed by atoms with Crippen molar-refractivity contribution in [1.82, 2.24) is 0 Å². The molecule has 2 heteroatoms. The summed E-state index contributed by atoms with van der Waals surface area (Å²) in [6.45, 7) is 23.7. The predicted octanol–water partition coefficient (Wildman–Crippen LogP) is 11.8. The minimum Gasteiger partial charge on any atom is -0.300 e. The molecule has 0 spiro atoms. The molecule has 40 heavy (non-hydrogen) atoms. The van der Waals surface area contributed by atoms with Gasteiger partial charge in [0.25, 0.3) is 0 Å². The Morgan fingerprint density at radius 2 is 1.52 bits per heavy atom. The molecule has 0 fully saturated rings. The number of benzene rings is 2. The number of ketones is 2. The van der Waals surface area contributed by atoms with E-state index in [4.69, 9.17) is 0 Å². The van der Waals surface area contributed by atoms with E-state index >= 15 is 0 Å². The Labute approximate surface area is 248 Å². The summed E-state index contributed by atoms with van der Waals surface area (Å²) in [7, 11) is 0. The van der Waals surface area contributed by atoms with Crippen LogP contribution in [0.4, 0.5) is 0 Å². The maximum atomic E-state index is 11.1. The second kappa shape index (κ2) is 24.8. The van der Waals surface area contributed by atoms with Gasteiger partial charge in [0.1, 0.15) is 11.6 Å². The van der Waals surface area contributed by atoms with Crippen LogP contribution in [0.5, 0.6) is 0 Å². The lowest BCUT2D eigenvalue weighted by Gasteiger charge is -2.05. The molecular formula is C38H58O2. The molecule has 0 amide bonds. The van der Waals surface area contributed by atoms with E-state index in [-0.39, 0.29) is 7.21 Å².